The number of nitrogens with zero attached hydrogens (tertiary/aromatic N) is 1. The summed E-state index contributed by atoms with van der Waals surface area (Å²) in [4.78, 5) is 2.07. The predicted molar refractivity (Wildman–Crippen MR) is 66.5 cm³/mol. The normalized spacial score (nSPS) is 13.1. The Balaban J connectivity index is 2.77. The molecule has 1 N–H and O–H groups in total. The summed E-state index contributed by atoms with van der Waals surface area (Å²) in [5.41, 5.74) is 0.588. The van der Waals surface area contributed by atoms with E-state index in [2.05, 4.69) is 10.2 Å². The summed E-state index contributed by atoms with van der Waals surface area (Å²) in [5, 5.41) is 3.67. The molecule has 0 bridgehead atoms. The standard InChI is InChI=1S/C12H18ClFN2/c1-15-9(8-16(2)3)7-10-11(13)5-4-6-12(10)14/h4-6,9,15H,7-8H2,1-3H3. The van der Waals surface area contributed by atoms with Crippen molar-refractivity contribution < 1.29 is 4.39 Å². The van der Waals surface area contributed by atoms with Gasteiger partial charge in [0.25, 0.3) is 0 Å². The first kappa shape index (κ1) is 13.4. The second-order valence-corrected chi connectivity index (χ2v) is 4.56. The lowest BCUT2D eigenvalue weighted by molar-refractivity contribution is 0.345. The molecule has 4 heteroatoms. The Bertz CT molecular complexity index is 322. The molecule has 1 aromatic carbocycles. The third-order valence-electron chi connectivity index (χ3n) is 2.51. The quantitative estimate of drug-likeness (QED) is 0.854. The van der Waals surface area contributed by atoms with E-state index in [4.69, 9.17) is 11.6 Å². The molecular formula is C12H18ClFN2. The van der Waals surface area contributed by atoms with Crippen LogP contribution in [0.2, 0.25) is 5.02 Å². The predicted octanol–water partition coefficient (Wildman–Crippen LogP) is 2.17. The molecule has 0 spiro atoms. The van der Waals surface area contributed by atoms with Crippen LogP contribution in [-0.2, 0) is 6.42 Å². The van der Waals surface area contributed by atoms with Crippen molar-refractivity contribution in [2.75, 3.05) is 27.7 Å². The molecule has 16 heavy (non-hydrogen) atoms. The Labute approximate surface area is 101 Å². The van der Waals surface area contributed by atoms with E-state index >= 15 is 0 Å². The number of hydrogen-bond donors (Lipinski definition) is 1. The molecule has 0 aliphatic carbocycles. The minimum atomic E-state index is -0.230. The maximum absolute atomic E-state index is 13.6. The zero-order valence-corrected chi connectivity index (χ0v) is 10.7. The molecule has 0 heterocycles. The van der Waals surface area contributed by atoms with Crippen LogP contribution in [0.25, 0.3) is 0 Å². The van der Waals surface area contributed by atoms with Gasteiger partial charge in [0.05, 0.1) is 0 Å². The first-order valence-corrected chi connectivity index (χ1v) is 5.67. The number of likely N-dealkylation sites (N-methyl/N-ethyl adjacent to an activating group) is 2. The van der Waals surface area contributed by atoms with Gasteiger partial charge in [-0.05, 0) is 39.7 Å². The molecule has 1 atom stereocenters. The van der Waals surface area contributed by atoms with Gasteiger partial charge in [-0.15, -0.1) is 0 Å². The summed E-state index contributed by atoms with van der Waals surface area (Å²) in [6, 6.07) is 5.00. The number of rotatable bonds is 5. The Hall–Kier alpha value is -0.640. The lowest BCUT2D eigenvalue weighted by Crippen LogP contribution is -2.37. The van der Waals surface area contributed by atoms with Gasteiger partial charge in [-0.3, -0.25) is 0 Å². The van der Waals surface area contributed by atoms with Crippen LogP contribution in [0.3, 0.4) is 0 Å². The van der Waals surface area contributed by atoms with E-state index in [-0.39, 0.29) is 11.9 Å². The number of benzene rings is 1. The van der Waals surface area contributed by atoms with Crippen molar-refractivity contribution in [2.24, 2.45) is 0 Å². The van der Waals surface area contributed by atoms with Crippen molar-refractivity contribution >= 4 is 11.6 Å². The van der Waals surface area contributed by atoms with Gasteiger partial charge in [0.15, 0.2) is 0 Å². The highest BCUT2D eigenvalue weighted by Crippen LogP contribution is 2.20. The minimum Gasteiger partial charge on any atom is -0.315 e. The Morgan fingerprint density at radius 2 is 2.12 bits per heavy atom. The molecule has 0 fully saturated rings. The molecule has 0 radical (unpaired) electrons. The van der Waals surface area contributed by atoms with Crippen molar-refractivity contribution in [3.8, 4) is 0 Å². The van der Waals surface area contributed by atoms with E-state index in [9.17, 15) is 4.39 Å². The molecule has 0 amide bonds. The summed E-state index contributed by atoms with van der Waals surface area (Å²) >= 11 is 5.99. The van der Waals surface area contributed by atoms with E-state index in [1.807, 2.05) is 21.1 Å². The SMILES string of the molecule is CNC(Cc1c(F)cccc1Cl)CN(C)C. The fraction of sp³-hybridized carbons (Fsp3) is 0.500. The average molecular weight is 245 g/mol. The van der Waals surface area contributed by atoms with Crippen molar-refractivity contribution in [1.82, 2.24) is 10.2 Å². The number of halogens is 2. The highest BCUT2D eigenvalue weighted by Gasteiger charge is 2.13. The zero-order chi connectivity index (χ0) is 12.1. The molecular weight excluding hydrogens is 227 g/mol. The van der Waals surface area contributed by atoms with Gasteiger partial charge < -0.3 is 10.2 Å². The maximum Gasteiger partial charge on any atom is 0.127 e. The lowest BCUT2D eigenvalue weighted by atomic mass is 10.1. The van der Waals surface area contributed by atoms with Gasteiger partial charge in [-0.2, -0.15) is 0 Å². The summed E-state index contributed by atoms with van der Waals surface area (Å²) in [6.45, 7) is 0.848. The van der Waals surface area contributed by atoms with Crippen LogP contribution in [0.15, 0.2) is 18.2 Å². The third kappa shape index (κ3) is 3.74. The van der Waals surface area contributed by atoms with Crippen molar-refractivity contribution in [2.45, 2.75) is 12.5 Å². The zero-order valence-electron chi connectivity index (χ0n) is 9.93. The van der Waals surface area contributed by atoms with Gasteiger partial charge in [-0.1, -0.05) is 17.7 Å². The van der Waals surface area contributed by atoms with Gasteiger partial charge in [0.2, 0.25) is 0 Å². The number of nitrogens with one attached hydrogen (secondary N) is 1. The largest absolute Gasteiger partial charge is 0.315 e. The lowest BCUT2D eigenvalue weighted by Gasteiger charge is -2.21. The van der Waals surface area contributed by atoms with E-state index < -0.39 is 0 Å². The smallest absolute Gasteiger partial charge is 0.127 e. The molecule has 1 unspecified atom stereocenters. The first-order valence-electron chi connectivity index (χ1n) is 5.29. The summed E-state index contributed by atoms with van der Waals surface area (Å²) in [6.07, 6.45) is 0.597. The molecule has 1 aromatic rings. The average Bonchev–Trinajstić information content (AvgIpc) is 2.21. The van der Waals surface area contributed by atoms with Crippen LogP contribution in [0.4, 0.5) is 4.39 Å². The topological polar surface area (TPSA) is 15.3 Å². The van der Waals surface area contributed by atoms with Gasteiger partial charge in [-0.25, -0.2) is 4.39 Å². The Morgan fingerprint density at radius 1 is 1.44 bits per heavy atom. The molecule has 0 saturated heterocycles. The Morgan fingerprint density at radius 3 is 2.62 bits per heavy atom. The van der Waals surface area contributed by atoms with E-state index in [0.29, 0.717) is 17.0 Å². The first-order chi connectivity index (χ1) is 7.54. The van der Waals surface area contributed by atoms with E-state index in [1.165, 1.54) is 6.07 Å². The highest BCUT2D eigenvalue weighted by molar-refractivity contribution is 6.31. The van der Waals surface area contributed by atoms with Crippen LogP contribution in [-0.4, -0.2) is 38.6 Å². The van der Waals surface area contributed by atoms with Crippen molar-refractivity contribution in [3.05, 3.63) is 34.6 Å². The summed E-state index contributed by atoms with van der Waals surface area (Å²) in [5.74, 6) is -0.230. The summed E-state index contributed by atoms with van der Waals surface area (Å²) < 4.78 is 13.6. The van der Waals surface area contributed by atoms with Crippen LogP contribution < -0.4 is 5.32 Å². The maximum atomic E-state index is 13.6. The van der Waals surface area contributed by atoms with Crippen LogP contribution in [0.5, 0.6) is 0 Å². The molecule has 0 aromatic heterocycles. The second-order valence-electron chi connectivity index (χ2n) is 4.15. The fourth-order valence-corrected chi connectivity index (χ4v) is 1.91. The van der Waals surface area contributed by atoms with E-state index in [0.717, 1.165) is 6.54 Å². The third-order valence-corrected chi connectivity index (χ3v) is 2.86. The van der Waals surface area contributed by atoms with Gasteiger partial charge in [0, 0.05) is 23.2 Å². The molecule has 90 valence electrons. The highest BCUT2D eigenvalue weighted by atomic mass is 35.5. The van der Waals surface area contributed by atoms with Crippen LogP contribution in [0, 0.1) is 5.82 Å². The van der Waals surface area contributed by atoms with Crippen molar-refractivity contribution in [1.29, 1.82) is 0 Å². The molecule has 0 aliphatic heterocycles. The number of hydrogen-bond acceptors (Lipinski definition) is 2. The minimum absolute atomic E-state index is 0.199. The fourth-order valence-electron chi connectivity index (χ4n) is 1.67. The van der Waals surface area contributed by atoms with Crippen LogP contribution in [0.1, 0.15) is 5.56 Å². The Kier molecular flexibility index (Phi) is 5.19. The van der Waals surface area contributed by atoms with Crippen LogP contribution >= 0.6 is 11.6 Å². The van der Waals surface area contributed by atoms with E-state index in [1.54, 1.807) is 12.1 Å². The molecule has 0 saturated carbocycles. The van der Waals surface area contributed by atoms with Crippen molar-refractivity contribution in [3.63, 3.8) is 0 Å². The second kappa shape index (κ2) is 6.18. The molecule has 2 nitrogen and oxygen atoms in total. The van der Waals surface area contributed by atoms with Gasteiger partial charge in [0.1, 0.15) is 5.82 Å². The molecule has 1 rings (SSSR count). The monoisotopic (exact) mass is 244 g/mol. The summed E-state index contributed by atoms with van der Waals surface area (Å²) in [7, 11) is 5.86. The molecule has 0 aliphatic rings. The van der Waals surface area contributed by atoms with Gasteiger partial charge >= 0.3 is 0 Å².